The predicted molar refractivity (Wildman–Crippen MR) is 120 cm³/mol. The topological polar surface area (TPSA) is 123 Å². The van der Waals surface area contributed by atoms with Crippen molar-refractivity contribution in [2.24, 2.45) is 7.05 Å². The van der Waals surface area contributed by atoms with E-state index in [1.165, 1.54) is 7.05 Å². The van der Waals surface area contributed by atoms with Gasteiger partial charge in [-0.2, -0.15) is 13.9 Å². The first kappa shape index (κ1) is 23.9. The lowest BCUT2D eigenvalue weighted by Gasteiger charge is -2.18. The van der Waals surface area contributed by atoms with Crippen LogP contribution in [0.2, 0.25) is 0 Å². The monoisotopic (exact) mass is 484 g/mol. The third-order valence-electron chi connectivity index (χ3n) is 5.79. The fourth-order valence-electron chi connectivity index (χ4n) is 4.11. The van der Waals surface area contributed by atoms with Crippen molar-refractivity contribution in [3.8, 4) is 11.1 Å². The van der Waals surface area contributed by atoms with Crippen LogP contribution in [0.4, 0.5) is 13.6 Å². The number of rotatable bonds is 8. The Morgan fingerprint density at radius 2 is 1.66 bits per heavy atom. The van der Waals surface area contributed by atoms with E-state index in [4.69, 9.17) is 9.84 Å². The van der Waals surface area contributed by atoms with Crippen LogP contribution in [0.3, 0.4) is 0 Å². The normalized spacial score (nSPS) is 12.5. The van der Waals surface area contributed by atoms with Gasteiger partial charge < -0.3 is 20.5 Å². The molecule has 0 saturated carbocycles. The van der Waals surface area contributed by atoms with Gasteiger partial charge in [-0.05, 0) is 22.3 Å². The van der Waals surface area contributed by atoms with Crippen molar-refractivity contribution >= 4 is 18.0 Å². The number of carbonyl (C=O) groups is 3. The van der Waals surface area contributed by atoms with Crippen LogP contribution in [-0.2, 0) is 23.1 Å². The highest BCUT2D eigenvalue weighted by Crippen LogP contribution is 2.44. The first-order valence-electron chi connectivity index (χ1n) is 10.7. The number of hydrogen-bond donors (Lipinski definition) is 3. The van der Waals surface area contributed by atoms with Crippen molar-refractivity contribution in [1.82, 2.24) is 20.4 Å². The molecule has 0 spiro atoms. The average Bonchev–Trinajstić information content (AvgIpc) is 3.37. The van der Waals surface area contributed by atoms with Crippen LogP contribution in [0, 0.1) is 0 Å². The number of ether oxygens (including phenoxy) is 1. The molecule has 1 aliphatic rings. The number of alkyl halides is 2. The fraction of sp³-hybridized carbons (Fsp3) is 0.250. The second kappa shape index (κ2) is 9.53. The lowest BCUT2D eigenvalue weighted by molar-refractivity contribution is -0.144. The Morgan fingerprint density at radius 1 is 1.06 bits per heavy atom. The number of alkyl carbamates (subject to hydrolysis) is 1. The molecule has 11 heteroatoms. The maximum Gasteiger partial charge on any atom is 0.407 e. The van der Waals surface area contributed by atoms with Gasteiger partial charge in [-0.3, -0.25) is 9.48 Å². The summed E-state index contributed by atoms with van der Waals surface area (Å²) in [6.45, 7) is -1.81. The Balaban J connectivity index is 1.31. The maximum atomic E-state index is 14.3. The maximum absolute atomic E-state index is 14.3. The molecule has 0 atom stereocenters. The number of nitrogens with zero attached hydrogens (tertiary/aromatic N) is 2. The predicted octanol–water partition coefficient (Wildman–Crippen LogP) is 2.91. The second-order valence-electron chi connectivity index (χ2n) is 8.01. The fourth-order valence-corrected chi connectivity index (χ4v) is 4.11. The van der Waals surface area contributed by atoms with E-state index in [1.807, 2.05) is 59.2 Å². The van der Waals surface area contributed by atoms with Crippen LogP contribution in [0.1, 0.15) is 33.1 Å². The zero-order valence-electron chi connectivity index (χ0n) is 18.6. The highest BCUT2D eigenvalue weighted by atomic mass is 19.3. The summed E-state index contributed by atoms with van der Waals surface area (Å²) in [7, 11) is 1.38. The van der Waals surface area contributed by atoms with Gasteiger partial charge in [0.2, 0.25) is 0 Å². The molecule has 0 radical (unpaired) electrons. The summed E-state index contributed by atoms with van der Waals surface area (Å²) in [5.74, 6) is -7.16. The molecule has 9 nitrogen and oxygen atoms in total. The highest BCUT2D eigenvalue weighted by molar-refractivity contribution is 5.88. The molecular weight excluding hydrogens is 462 g/mol. The molecule has 35 heavy (non-hydrogen) atoms. The van der Waals surface area contributed by atoms with E-state index in [9.17, 15) is 23.2 Å². The van der Waals surface area contributed by atoms with Crippen LogP contribution in [0.5, 0.6) is 0 Å². The minimum Gasteiger partial charge on any atom is -0.477 e. The molecule has 0 aliphatic heterocycles. The standard InChI is InChI=1S/C24H22F2N4O5/c1-30-20(21(31)32)14(11-29-30)10-27-22(33)24(25,26)13-28-23(34)35-12-19-17-8-4-2-6-15(17)16-7-3-5-9-18(16)19/h2-9,11,19H,10,12-13H2,1H3,(H,27,33)(H,28,34)(H,31,32). The van der Waals surface area contributed by atoms with Gasteiger partial charge >= 0.3 is 18.0 Å². The summed E-state index contributed by atoms with van der Waals surface area (Å²) >= 11 is 0. The molecule has 182 valence electrons. The van der Waals surface area contributed by atoms with Gasteiger partial charge in [0, 0.05) is 25.1 Å². The van der Waals surface area contributed by atoms with E-state index < -0.39 is 37.0 Å². The molecule has 3 N–H and O–H groups in total. The van der Waals surface area contributed by atoms with Crippen molar-refractivity contribution in [1.29, 1.82) is 0 Å². The summed E-state index contributed by atoms with van der Waals surface area (Å²) in [5.41, 5.74) is 3.84. The summed E-state index contributed by atoms with van der Waals surface area (Å²) in [6.07, 6.45) is 0.0799. The van der Waals surface area contributed by atoms with Crippen molar-refractivity contribution in [3.63, 3.8) is 0 Å². The second-order valence-corrected chi connectivity index (χ2v) is 8.01. The Bertz CT molecular complexity index is 1240. The zero-order valence-corrected chi connectivity index (χ0v) is 18.6. The number of halogens is 2. The van der Waals surface area contributed by atoms with Crippen LogP contribution in [0.15, 0.2) is 54.7 Å². The summed E-state index contributed by atoms with van der Waals surface area (Å²) in [5, 5.41) is 16.8. The number of carboxylic acid groups (broad SMARTS) is 1. The first-order valence-corrected chi connectivity index (χ1v) is 10.7. The molecule has 1 aromatic heterocycles. The number of aromatic carboxylic acids is 1. The van der Waals surface area contributed by atoms with Crippen LogP contribution >= 0.6 is 0 Å². The van der Waals surface area contributed by atoms with Gasteiger partial charge in [0.15, 0.2) is 5.69 Å². The number of carboxylic acids is 1. The lowest BCUT2D eigenvalue weighted by atomic mass is 9.98. The lowest BCUT2D eigenvalue weighted by Crippen LogP contribution is -2.48. The Kier molecular flexibility index (Phi) is 6.50. The molecule has 1 heterocycles. The number of aryl methyl sites for hydroxylation is 1. The molecule has 0 fully saturated rings. The number of nitrogens with one attached hydrogen (secondary N) is 2. The Hall–Kier alpha value is -4.28. The molecule has 0 bridgehead atoms. The van der Waals surface area contributed by atoms with E-state index in [-0.39, 0.29) is 23.8 Å². The van der Waals surface area contributed by atoms with Crippen molar-refractivity contribution in [3.05, 3.63) is 77.1 Å². The van der Waals surface area contributed by atoms with Gasteiger partial charge in [-0.15, -0.1) is 0 Å². The van der Waals surface area contributed by atoms with Crippen LogP contribution in [-0.4, -0.2) is 51.9 Å². The first-order chi connectivity index (χ1) is 16.7. The van der Waals surface area contributed by atoms with E-state index >= 15 is 0 Å². The smallest absolute Gasteiger partial charge is 0.407 e. The number of carbonyl (C=O) groups excluding carboxylic acids is 2. The van der Waals surface area contributed by atoms with E-state index in [0.29, 0.717) is 0 Å². The summed E-state index contributed by atoms with van der Waals surface area (Å²) < 4.78 is 34.8. The molecule has 2 aromatic carbocycles. The third-order valence-corrected chi connectivity index (χ3v) is 5.79. The minimum atomic E-state index is -3.95. The van der Waals surface area contributed by atoms with Gasteiger partial charge in [-0.25, -0.2) is 9.59 Å². The van der Waals surface area contributed by atoms with E-state index in [0.717, 1.165) is 33.1 Å². The molecular formula is C24H22F2N4O5. The highest BCUT2D eigenvalue weighted by Gasteiger charge is 2.39. The van der Waals surface area contributed by atoms with Crippen molar-refractivity contribution in [2.75, 3.05) is 13.2 Å². The SMILES string of the molecule is Cn1ncc(CNC(=O)C(F)(F)CNC(=O)OCC2c3ccccc3-c3ccccc32)c1C(=O)O. The van der Waals surface area contributed by atoms with E-state index in [2.05, 4.69) is 5.10 Å². The molecule has 0 unspecified atom stereocenters. The number of amides is 2. The number of benzene rings is 2. The summed E-state index contributed by atoms with van der Waals surface area (Å²) in [6, 6.07) is 15.4. The molecule has 3 aromatic rings. The van der Waals surface area contributed by atoms with Gasteiger partial charge in [0.05, 0.1) is 12.7 Å². The Labute approximate surface area is 198 Å². The summed E-state index contributed by atoms with van der Waals surface area (Å²) in [4.78, 5) is 35.3. The number of aromatic nitrogens is 2. The third kappa shape index (κ3) is 4.84. The van der Waals surface area contributed by atoms with Crippen molar-refractivity contribution in [2.45, 2.75) is 18.4 Å². The zero-order chi connectivity index (χ0) is 25.2. The number of fused-ring (bicyclic) bond motifs is 3. The largest absolute Gasteiger partial charge is 0.477 e. The number of hydrogen-bond acceptors (Lipinski definition) is 5. The Morgan fingerprint density at radius 3 is 2.26 bits per heavy atom. The quantitative estimate of drug-likeness (QED) is 0.452. The van der Waals surface area contributed by atoms with Gasteiger partial charge in [0.25, 0.3) is 5.91 Å². The molecule has 1 aliphatic carbocycles. The average molecular weight is 484 g/mol. The van der Waals surface area contributed by atoms with E-state index in [1.54, 1.807) is 0 Å². The van der Waals surface area contributed by atoms with Crippen LogP contribution < -0.4 is 10.6 Å². The minimum absolute atomic E-state index is 0.0589. The molecule has 2 amide bonds. The molecule has 0 saturated heterocycles. The van der Waals surface area contributed by atoms with Gasteiger partial charge in [-0.1, -0.05) is 48.5 Å². The van der Waals surface area contributed by atoms with Gasteiger partial charge in [0.1, 0.15) is 6.61 Å². The van der Waals surface area contributed by atoms with Crippen molar-refractivity contribution < 1.29 is 33.0 Å². The van der Waals surface area contributed by atoms with Crippen LogP contribution in [0.25, 0.3) is 11.1 Å². The molecule has 4 rings (SSSR count).